The van der Waals surface area contributed by atoms with Crippen molar-refractivity contribution in [3.8, 4) is 17.1 Å². The normalized spacial score (nSPS) is 20.6. The van der Waals surface area contributed by atoms with Gasteiger partial charge in [0.2, 0.25) is 11.7 Å². The number of hydrogen-bond acceptors (Lipinski definition) is 5. The van der Waals surface area contributed by atoms with Gasteiger partial charge in [-0.1, -0.05) is 36.6 Å². The molecule has 1 aromatic carbocycles. The van der Waals surface area contributed by atoms with Crippen molar-refractivity contribution in [3.63, 3.8) is 0 Å². The molecule has 2 fully saturated rings. The van der Waals surface area contributed by atoms with Crippen LogP contribution in [0.5, 0.6) is 5.75 Å². The first-order valence-corrected chi connectivity index (χ1v) is 9.80. The second kappa shape index (κ2) is 7.98. The average molecular weight is 370 g/mol. The van der Waals surface area contributed by atoms with Gasteiger partial charge < -0.3 is 19.5 Å². The summed E-state index contributed by atoms with van der Waals surface area (Å²) in [7, 11) is 1.63. The molecule has 0 spiro atoms. The molecule has 2 amide bonds. The number of nitrogens with zero attached hydrogens (tertiary/aromatic N) is 3. The predicted octanol–water partition coefficient (Wildman–Crippen LogP) is 3.92. The number of methoxy groups -OCH3 is 1. The highest BCUT2D eigenvalue weighted by Crippen LogP contribution is 2.32. The molecule has 2 aliphatic rings. The van der Waals surface area contributed by atoms with Gasteiger partial charge in [-0.05, 0) is 37.8 Å². The molecule has 1 aliphatic carbocycles. The molecule has 2 heterocycles. The molecule has 0 radical (unpaired) electrons. The Morgan fingerprint density at radius 1 is 1.22 bits per heavy atom. The standard InChI is InChI=1S/C20H26N4O3/c1-26-16-10-5-7-14(13-16)18-22-19(27-23-18)17-11-6-12-24(17)20(25)21-15-8-3-2-4-9-15/h5,7,10,13,15,17H,2-4,6,8-9,11-12H2,1H3,(H,21,25). The van der Waals surface area contributed by atoms with Gasteiger partial charge in [0, 0.05) is 18.2 Å². The topological polar surface area (TPSA) is 80.5 Å². The maximum Gasteiger partial charge on any atom is 0.318 e. The Labute approximate surface area is 159 Å². The summed E-state index contributed by atoms with van der Waals surface area (Å²) in [5.74, 6) is 1.76. The lowest BCUT2D eigenvalue weighted by Crippen LogP contribution is -2.45. The fourth-order valence-corrected chi connectivity index (χ4v) is 4.02. The van der Waals surface area contributed by atoms with Gasteiger partial charge in [0.1, 0.15) is 11.8 Å². The number of benzene rings is 1. The maximum absolute atomic E-state index is 12.8. The first kappa shape index (κ1) is 17.8. The summed E-state index contributed by atoms with van der Waals surface area (Å²) in [6, 6.07) is 7.69. The van der Waals surface area contributed by atoms with Crippen LogP contribution >= 0.6 is 0 Å². The van der Waals surface area contributed by atoms with Crippen molar-refractivity contribution in [2.75, 3.05) is 13.7 Å². The van der Waals surface area contributed by atoms with Gasteiger partial charge in [-0.25, -0.2) is 4.79 Å². The molecule has 1 saturated heterocycles. The van der Waals surface area contributed by atoms with Crippen LogP contribution in [0.25, 0.3) is 11.4 Å². The number of likely N-dealkylation sites (tertiary alicyclic amines) is 1. The average Bonchev–Trinajstić information content (AvgIpc) is 3.38. The van der Waals surface area contributed by atoms with Crippen LogP contribution in [0.1, 0.15) is 56.9 Å². The minimum Gasteiger partial charge on any atom is -0.497 e. The van der Waals surface area contributed by atoms with Gasteiger partial charge in [-0.2, -0.15) is 4.98 Å². The Hall–Kier alpha value is -2.57. The third-order valence-corrected chi connectivity index (χ3v) is 5.50. The zero-order valence-electron chi connectivity index (χ0n) is 15.7. The van der Waals surface area contributed by atoms with Crippen molar-refractivity contribution in [1.82, 2.24) is 20.4 Å². The third kappa shape index (κ3) is 3.91. The number of hydrogen-bond donors (Lipinski definition) is 1. The van der Waals surface area contributed by atoms with E-state index in [2.05, 4.69) is 15.5 Å². The van der Waals surface area contributed by atoms with E-state index in [1.54, 1.807) is 7.11 Å². The highest BCUT2D eigenvalue weighted by Gasteiger charge is 2.35. The van der Waals surface area contributed by atoms with Crippen LogP contribution in [-0.4, -0.2) is 40.8 Å². The van der Waals surface area contributed by atoms with E-state index in [1.165, 1.54) is 19.3 Å². The van der Waals surface area contributed by atoms with E-state index in [-0.39, 0.29) is 12.1 Å². The fraction of sp³-hybridized carbons (Fsp3) is 0.550. The van der Waals surface area contributed by atoms with E-state index < -0.39 is 0 Å². The molecular formula is C20H26N4O3. The van der Waals surface area contributed by atoms with Crippen LogP contribution in [0.3, 0.4) is 0 Å². The quantitative estimate of drug-likeness (QED) is 0.882. The molecule has 1 unspecified atom stereocenters. The summed E-state index contributed by atoms with van der Waals surface area (Å²) in [5, 5.41) is 7.31. The molecule has 27 heavy (non-hydrogen) atoms. The van der Waals surface area contributed by atoms with Gasteiger partial charge >= 0.3 is 6.03 Å². The molecule has 2 aromatic rings. The number of rotatable bonds is 4. The summed E-state index contributed by atoms with van der Waals surface area (Å²) in [5.41, 5.74) is 0.834. The monoisotopic (exact) mass is 370 g/mol. The van der Waals surface area contributed by atoms with E-state index in [0.717, 1.165) is 43.5 Å². The Morgan fingerprint density at radius 3 is 2.89 bits per heavy atom. The zero-order valence-corrected chi connectivity index (χ0v) is 15.7. The number of carbonyl (C=O) groups is 1. The number of ether oxygens (including phenoxy) is 1. The Kier molecular flexibility index (Phi) is 5.27. The fourth-order valence-electron chi connectivity index (χ4n) is 4.02. The van der Waals surface area contributed by atoms with Crippen molar-refractivity contribution >= 4 is 6.03 Å². The van der Waals surface area contributed by atoms with Crippen molar-refractivity contribution in [2.24, 2.45) is 0 Å². The highest BCUT2D eigenvalue weighted by atomic mass is 16.5. The highest BCUT2D eigenvalue weighted by molar-refractivity contribution is 5.75. The van der Waals surface area contributed by atoms with Crippen LogP contribution in [0.15, 0.2) is 28.8 Å². The van der Waals surface area contributed by atoms with Crippen LogP contribution < -0.4 is 10.1 Å². The predicted molar refractivity (Wildman–Crippen MR) is 100 cm³/mol. The van der Waals surface area contributed by atoms with Crippen LogP contribution in [0.4, 0.5) is 4.79 Å². The molecular weight excluding hydrogens is 344 g/mol. The lowest BCUT2D eigenvalue weighted by Gasteiger charge is -2.28. The number of nitrogens with one attached hydrogen (secondary N) is 1. The molecule has 1 atom stereocenters. The van der Waals surface area contributed by atoms with Gasteiger partial charge in [0.15, 0.2) is 0 Å². The molecule has 1 N–H and O–H groups in total. The summed E-state index contributed by atoms with van der Waals surface area (Å²) < 4.78 is 10.8. The number of urea groups is 1. The summed E-state index contributed by atoms with van der Waals surface area (Å²) >= 11 is 0. The Balaban J connectivity index is 1.47. The number of carbonyl (C=O) groups excluding carboxylic acids is 1. The Bertz CT molecular complexity index is 785. The van der Waals surface area contributed by atoms with E-state index in [4.69, 9.17) is 9.26 Å². The summed E-state index contributed by atoms with van der Waals surface area (Å²) in [6.45, 7) is 0.722. The van der Waals surface area contributed by atoms with Crippen molar-refractivity contribution < 1.29 is 14.1 Å². The minimum atomic E-state index is -0.152. The molecule has 1 saturated carbocycles. The first-order chi connectivity index (χ1) is 13.2. The van der Waals surface area contributed by atoms with Gasteiger partial charge in [-0.15, -0.1) is 0 Å². The number of amides is 2. The Morgan fingerprint density at radius 2 is 2.07 bits per heavy atom. The largest absolute Gasteiger partial charge is 0.497 e. The molecule has 4 rings (SSSR count). The van der Waals surface area contributed by atoms with Crippen molar-refractivity contribution in [1.29, 1.82) is 0 Å². The molecule has 144 valence electrons. The van der Waals surface area contributed by atoms with E-state index in [1.807, 2.05) is 29.2 Å². The molecule has 7 nitrogen and oxygen atoms in total. The first-order valence-electron chi connectivity index (χ1n) is 9.80. The number of aromatic nitrogens is 2. The zero-order chi connectivity index (χ0) is 18.6. The van der Waals surface area contributed by atoms with E-state index in [0.29, 0.717) is 17.8 Å². The van der Waals surface area contributed by atoms with Crippen molar-refractivity contribution in [3.05, 3.63) is 30.2 Å². The van der Waals surface area contributed by atoms with Crippen LogP contribution in [0, 0.1) is 0 Å². The van der Waals surface area contributed by atoms with Crippen molar-refractivity contribution in [2.45, 2.75) is 57.0 Å². The third-order valence-electron chi connectivity index (χ3n) is 5.50. The smallest absolute Gasteiger partial charge is 0.318 e. The van der Waals surface area contributed by atoms with Crippen LogP contribution in [-0.2, 0) is 0 Å². The molecule has 0 bridgehead atoms. The summed E-state index contributed by atoms with van der Waals surface area (Å²) in [6.07, 6.45) is 7.60. The SMILES string of the molecule is COc1cccc(-c2noc(C3CCCN3C(=O)NC3CCCCC3)n2)c1. The van der Waals surface area contributed by atoms with E-state index in [9.17, 15) is 4.79 Å². The molecule has 7 heteroatoms. The van der Waals surface area contributed by atoms with E-state index >= 15 is 0 Å². The minimum absolute atomic E-state index is 0.00877. The maximum atomic E-state index is 12.8. The van der Waals surface area contributed by atoms with Gasteiger partial charge in [-0.3, -0.25) is 0 Å². The molecule has 1 aromatic heterocycles. The van der Waals surface area contributed by atoms with Crippen LogP contribution in [0.2, 0.25) is 0 Å². The molecule has 1 aliphatic heterocycles. The second-order valence-corrected chi connectivity index (χ2v) is 7.32. The van der Waals surface area contributed by atoms with Gasteiger partial charge in [0.25, 0.3) is 0 Å². The summed E-state index contributed by atoms with van der Waals surface area (Å²) in [4.78, 5) is 19.2. The second-order valence-electron chi connectivity index (χ2n) is 7.32. The lowest BCUT2D eigenvalue weighted by molar-refractivity contribution is 0.173. The van der Waals surface area contributed by atoms with Gasteiger partial charge in [0.05, 0.1) is 7.11 Å². The lowest BCUT2D eigenvalue weighted by atomic mass is 9.96.